The summed E-state index contributed by atoms with van der Waals surface area (Å²) in [5.74, 6) is 0.831. The first-order valence-electron chi connectivity index (χ1n) is 3.87. The zero-order valence-electron chi connectivity index (χ0n) is 7.32. The van der Waals surface area contributed by atoms with E-state index in [-0.39, 0.29) is 6.42 Å². The molecule has 1 rings (SSSR count). The van der Waals surface area contributed by atoms with E-state index in [1.54, 1.807) is 17.8 Å². The second kappa shape index (κ2) is 4.91. The molecular formula is C8H11NO3S. The lowest BCUT2D eigenvalue weighted by Gasteiger charge is -1.88. The van der Waals surface area contributed by atoms with Crippen molar-refractivity contribution >= 4 is 17.7 Å². The number of hydrogen-bond acceptors (Lipinski definition) is 4. The molecule has 0 aliphatic heterocycles. The van der Waals surface area contributed by atoms with Gasteiger partial charge in [0.1, 0.15) is 5.76 Å². The van der Waals surface area contributed by atoms with Crippen LogP contribution in [0.4, 0.5) is 0 Å². The third kappa shape index (κ3) is 3.50. The van der Waals surface area contributed by atoms with Gasteiger partial charge in [0.2, 0.25) is 0 Å². The third-order valence-electron chi connectivity index (χ3n) is 1.49. The lowest BCUT2D eigenvalue weighted by molar-refractivity contribution is -0.136. The van der Waals surface area contributed by atoms with Crippen molar-refractivity contribution in [2.24, 2.45) is 0 Å². The molecule has 13 heavy (non-hydrogen) atoms. The first-order valence-corrected chi connectivity index (χ1v) is 5.27. The Morgan fingerprint density at radius 3 is 3.15 bits per heavy atom. The molecule has 0 atom stereocenters. The van der Waals surface area contributed by atoms with Gasteiger partial charge in [-0.05, 0) is 6.26 Å². The number of aromatic nitrogens is 1. The van der Waals surface area contributed by atoms with E-state index in [1.165, 1.54) is 0 Å². The molecule has 0 unspecified atom stereocenters. The first kappa shape index (κ1) is 10.1. The van der Waals surface area contributed by atoms with Crippen molar-refractivity contribution in [3.63, 3.8) is 0 Å². The van der Waals surface area contributed by atoms with Crippen LogP contribution in [0.3, 0.4) is 0 Å². The van der Waals surface area contributed by atoms with Gasteiger partial charge in [-0.1, -0.05) is 5.16 Å². The van der Waals surface area contributed by atoms with Crippen LogP contribution < -0.4 is 0 Å². The van der Waals surface area contributed by atoms with Gasteiger partial charge in [0, 0.05) is 18.2 Å². The van der Waals surface area contributed by atoms with E-state index in [0.717, 1.165) is 17.9 Å². The van der Waals surface area contributed by atoms with E-state index in [2.05, 4.69) is 5.16 Å². The fraction of sp³-hybridized carbons (Fsp3) is 0.500. The number of aliphatic carboxylic acids is 1. The molecule has 0 aromatic carbocycles. The molecular weight excluding hydrogens is 190 g/mol. The summed E-state index contributed by atoms with van der Waals surface area (Å²) in [6.07, 6.45) is 2.74. The molecule has 1 heterocycles. The van der Waals surface area contributed by atoms with Gasteiger partial charge in [-0.15, -0.1) is 0 Å². The molecule has 72 valence electrons. The highest BCUT2D eigenvalue weighted by molar-refractivity contribution is 7.98. The van der Waals surface area contributed by atoms with Crippen molar-refractivity contribution in [1.82, 2.24) is 5.16 Å². The van der Waals surface area contributed by atoms with Gasteiger partial charge < -0.3 is 9.63 Å². The number of aryl methyl sites for hydroxylation is 1. The Morgan fingerprint density at radius 2 is 2.54 bits per heavy atom. The summed E-state index contributed by atoms with van der Waals surface area (Å²) in [7, 11) is 0. The molecule has 4 nitrogen and oxygen atoms in total. The van der Waals surface area contributed by atoms with Gasteiger partial charge in [0.25, 0.3) is 0 Å². The number of carboxylic acid groups (broad SMARTS) is 1. The van der Waals surface area contributed by atoms with Crippen LogP contribution in [-0.4, -0.2) is 28.2 Å². The van der Waals surface area contributed by atoms with Crippen molar-refractivity contribution in [2.75, 3.05) is 12.0 Å². The summed E-state index contributed by atoms with van der Waals surface area (Å²) in [5, 5.41) is 12.1. The maximum Gasteiger partial charge on any atom is 0.309 e. The summed E-state index contributed by atoms with van der Waals surface area (Å²) >= 11 is 1.72. The smallest absolute Gasteiger partial charge is 0.309 e. The Labute approximate surface area is 80.3 Å². The van der Waals surface area contributed by atoms with Crippen LogP contribution in [0.1, 0.15) is 11.5 Å². The topological polar surface area (TPSA) is 63.3 Å². The zero-order chi connectivity index (χ0) is 9.68. The van der Waals surface area contributed by atoms with E-state index < -0.39 is 5.97 Å². The summed E-state index contributed by atoms with van der Waals surface area (Å²) in [6.45, 7) is 0. The second-order valence-corrected chi connectivity index (χ2v) is 3.58. The summed E-state index contributed by atoms with van der Waals surface area (Å²) in [4.78, 5) is 10.3. The average Bonchev–Trinajstić information content (AvgIpc) is 2.48. The molecule has 0 aliphatic rings. The molecule has 0 radical (unpaired) electrons. The van der Waals surface area contributed by atoms with Crippen molar-refractivity contribution in [3.05, 3.63) is 17.5 Å². The van der Waals surface area contributed by atoms with Crippen LogP contribution in [0, 0.1) is 0 Å². The number of carboxylic acids is 1. The lowest BCUT2D eigenvalue weighted by atomic mass is 10.2. The molecule has 0 spiro atoms. The van der Waals surface area contributed by atoms with Crippen molar-refractivity contribution in [2.45, 2.75) is 12.8 Å². The Bertz CT molecular complexity index is 285. The van der Waals surface area contributed by atoms with E-state index in [0.29, 0.717) is 5.69 Å². The van der Waals surface area contributed by atoms with Crippen LogP contribution >= 0.6 is 11.8 Å². The Hall–Kier alpha value is -0.970. The van der Waals surface area contributed by atoms with E-state index in [4.69, 9.17) is 9.63 Å². The molecule has 1 aromatic rings. The van der Waals surface area contributed by atoms with E-state index in [9.17, 15) is 4.79 Å². The van der Waals surface area contributed by atoms with Gasteiger partial charge in [0.05, 0.1) is 12.1 Å². The molecule has 0 saturated carbocycles. The minimum absolute atomic E-state index is 0.0667. The van der Waals surface area contributed by atoms with Crippen LogP contribution in [0.5, 0.6) is 0 Å². The molecule has 1 aromatic heterocycles. The fourth-order valence-corrected chi connectivity index (χ4v) is 1.32. The monoisotopic (exact) mass is 201 g/mol. The predicted octanol–water partition coefficient (Wildman–Crippen LogP) is 1.21. The summed E-state index contributed by atoms with van der Waals surface area (Å²) in [5.41, 5.74) is 0.489. The number of thioether (sulfide) groups is 1. The van der Waals surface area contributed by atoms with Crippen LogP contribution in [0.2, 0.25) is 0 Å². The van der Waals surface area contributed by atoms with Crippen LogP contribution in [0.25, 0.3) is 0 Å². The Balaban J connectivity index is 2.48. The van der Waals surface area contributed by atoms with Crippen molar-refractivity contribution in [1.29, 1.82) is 0 Å². The summed E-state index contributed by atoms with van der Waals surface area (Å²) < 4.78 is 4.94. The van der Waals surface area contributed by atoms with Crippen molar-refractivity contribution < 1.29 is 14.4 Å². The maximum atomic E-state index is 10.3. The van der Waals surface area contributed by atoms with Crippen LogP contribution in [0.15, 0.2) is 10.6 Å². The molecule has 5 heteroatoms. The first-order chi connectivity index (χ1) is 6.22. The third-order valence-corrected chi connectivity index (χ3v) is 2.11. The minimum Gasteiger partial charge on any atom is -0.481 e. The molecule has 0 bridgehead atoms. The second-order valence-electron chi connectivity index (χ2n) is 2.60. The SMILES string of the molecule is CSCCc1cc(CC(=O)O)no1. The highest BCUT2D eigenvalue weighted by atomic mass is 32.2. The number of nitrogens with zero attached hydrogens (tertiary/aromatic N) is 1. The van der Waals surface area contributed by atoms with Gasteiger partial charge >= 0.3 is 5.97 Å². The minimum atomic E-state index is -0.885. The summed E-state index contributed by atoms with van der Waals surface area (Å²) in [6, 6.07) is 1.70. The average molecular weight is 201 g/mol. The van der Waals surface area contributed by atoms with Crippen molar-refractivity contribution in [3.8, 4) is 0 Å². The number of rotatable bonds is 5. The predicted molar refractivity (Wildman–Crippen MR) is 49.9 cm³/mol. The number of carbonyl (C=O) groups is 1. The molecule has 0 saturated heterocycles. The zero-order valence-corrected chi connectivity index (χ0v) is 8.13. The van der Waals surface area contributed by atoms with Gasteiger partial charge in [-0.3, -0.25) is 4.79 Å². The Morgan fingerprint density at radius 1 is 1.77 bits per heavy atom. The quantitative estimate of drug-likeness (QED) is 0.775. The van der Waals surface area contributed by atoms with E-state index in [1.807, 2.05) is 6.26 Å². The lowest BCUT2D eigenvalue weighted by Crippen LogP contribution is -1.99. The molecule has 1 N–H and O–H groups in total. The van der Waals surface area contributed by atoms with Gasteiger partial charge in [-0.2, -0.15) is 11.8 Å². The Kier molecular flexibility index (Phi) is 3.82. The largest absolute Gasteiger partial charge is 0.481 e. The van der Waals surface area contributed by atoms with Gasteiger partial charge in [0.15, 0.2) is 0 Å². The van der Waals surface area contributed by atoms with Crippen LogP contribution in [-0.2, 0) is 17.6 Å². The standard InChI is InChI=1S/C8H11NO3S/c1-13-3-2-7-4-6(9-12-7)5-8(10)11/h4H,2-3,5H2,1H3,(H,10,11). The highest BCUT2D eigenvalue weighted by Gasteiger charge is 2.07. The highest BCUT2D eigenvalue weighted by Crippen LogP contribution is 2.07. The normalized spacial score (nSPS) is 10.2. The van der Waals surface area contributed by atoms with E-state index >= 15 is 0 Å². The molecule has 0 fully saturated rings. The van der Waals surface area contributed by atoms with Gasteiger partial charge in [-0.25, -0.2) is 0 Å². The molecule has 0 amide bonds. The number of hydrogen-bond donors (Lipinski definition) is 1. The fourth-order valence-electron chi connectivity index (χ4n) is 0.915. The maximum absolute atomic E-state index is 10.3. The molecule has 0 aliphatic carbocycles.